The largest absolute Gasteiger partial charge is 0.300 e. The van der Waals surface area contributed by atoms with Gasteiger partial charge in [-0.05, 0) is 51.1 Å². The maximum absolute atomic E-state index is 2.80. The van der Waals surface area contributed by atoms with Gasteiger partial charge in [0.25, 0.3) is 0 Å². The van der Waals surface area contributed by atoms with Crippen molar-refractivity contribution in [3.05, 3.63) is 0 Å². The second-order valence-electron chi connectivity index (χ2n) is 5.14. The van der Waals surface area contributed by atoms with Crippen LogP contribution in [0.5, 0.6) is 0 Å². The fourth-order valence-electron chi connectivity index (χ4n) is 2.86. The van der Waals surface area contributed by atoms with Crippen molar-refractivity contribution in [3.63, 3.8) is 0 Å². The first kappa shape index (κ1) is 10.5. The molecule has 1 heteroatoms. The Morgan fingerprint density at radius 1 is 1.14 bits per heavy atom. The molecule has 0 aromatic carbocycles. The van der Waals surface area contributed by atoms with E-state index < -0.39 is 0 Å². The monoisotopic (exact) mass is 195 g/mol. The summed E-state index contributed by atoms with van der Waals surface area (Å²) in [4.78, 5) is 2.80. The number of nitrogens with zero attached hydrogens (tertiary/aromatic N) is 1. The van der Waals surface area contributed by atoms with E-state index in [1.54, 1.807) is 0 Å². The smallest absolute Gasteiger partial charge is 0.0123 e. The van der Waals surface area contributed by atoms with Crippen LogP contribution in [0.15, 0.2) is 0 Å². The van der Waals surface area contributed by atoms with Crippen LogP contribution in [0.2, 0.25) is 0 Å². The first-order valence-corrected chi connectivity index (χ1v) is 6.66. The van der Waals surface area contributed by atoms with E-state index in [4.69, 9.17) is 0 Å². The maximum Gasteiger partial charge on any atom is 0.0123 e. The summed E-state index contributed by atoms with van der Waals surface area (Å²) in [7, 11) is 0. The molecular weight excluding hydrogens is 170 g/mol. The molecule has 2 rings (SSSR count). The van der Waals surface area contributed by atoms with Crippen molar-refractivity contribution in [2.24, 2.45) is 5.92 Å². The lowest BCUT2D eigenvalue weighted by Gasteiger charge is -2.35. The normalized spacial score (nSPS) is 26.4. The third-order valence-electron chi connectivity index (χ3n) is 3.88. The minimum Gasteiger partial charge on any atom is -0.300 e. The van der Waals surface area contributed by atoms with Crippen molar-refractivity contribution < 1.29 is 0 Å². The molecule has 1 saturated carbocycles. The molecule has 82 valence electrons. The van der Waals surface area contributed by atoms with Gasteiger partial charge < -0.3 is 4.90 Å². The van der Waals surface area contributed by atoms with Gasteiger partial charge in [0.1, 0.15) is 0 Å². The third kappa shape index (κ3) is 2.73. The van der Waals surface area contributed by atoms with Gasteiger partial charge in [0.15, 0.2) is 0 Å². The molecule has 1 atom stereocenters. The van der Waals surface area contributed by atoms with E-state index in [1.807, 2.05) is 0 Å². The topological polar surface area (TPSA) is 3.24 Å². The van der Waals surface area contributed by atoms with Gasteiger partial charge in [-0.25, -0.2) is 0 Å². The molecule has 0 N–H and O–H groups in total. The lowest BCUT2D eigenvalue weighted by molar-refractivity contribution is 0.136. The van der Waals surface area contributed by atoms with Gasteiger partial charge in [-0.15, -0.1) is 0 Å². The zero-order chi connectivity index (χ0) is 9.80. The van der Waals surface area contributed by atoms with E-state index in [2.05, 4.69) is 11.8 Å². The van der Waals surface area contributed by atoms with Gasteiger partial charge in [0.05, 0.1) is 0 Å². The highest BCUT2D eigenvalue weighted by Crippen LogP contribution is 2.38. The second kappa shape index (κ2) is 5.16. The molecular formula is C13H25N. The number of hydrogen-bond donors (Lipinski definition) is 0. The standard InChI is InChI=1S/C13H25N/c1-2-3-7-13(12-8-9-12)14-10-5-4-6-11-14/h12-13H,2-11H2,1H3. The Morgan fingerprint density at radius 3 is 2.43 bits per heavy atom. The van der Waals surface area contributed by atoms with Crippen molar-refractivity contribution in [1.82, 2.24) is 4.90 Å². The number of hydrogen-bond acceptors (Lipinski definition) is 1. The minimum absolute atomic E-state index is 0.968. The average molecular weight is 195 g/mol. The van der Waals surface area contributed by atoms with Crippen LogP contribution in [-0.2, 0) is 0 Å². The number of rotatable bonds is 5. The summed E-state index contributed by atoms with van der Waals surface area (Å²) in [5.74, 6) is 1.08. The Bertz CT molecular complexity index is 157. The quantitative estimate of drug-likeness (QED) is 0.649. The lowest BCUT2D eigenvalue weighted by atomic mass is 10.0. The Balaban J connectivity index is 1.81. The van der Waals surface area contributed by atoms with Gasteiger partial charge in [-0.3, -0.25) is 0 Å². The van der Waals surface area contributed by atoms with Crippen molar-refractivity contribution in [2.75, 3.05) is 13.1 Å². The van der Waals surface area contributed by atoms with Crippen LogP contribution in [0.1, 0.15) is 58.3 Å². The Morgan fingerprint density at radius 2 is 1.86 bits per heavy atom. The summed E-state index contributed by atoms with van der Waals surface area (Å²) in [6.07, 6.45) is 11.7. The molecule has 0 spiro atoms. The first-order chi connectivity index (χ1) is 6.92. The molecule has 1 aliphatic carbocycles. The van der Waals surface area contributed by atoms with Crippen LogP contribution in [0, 0.1) is 5.92 Å². The van der Waals surface area contributed by atoms with Gasteiger partial charge in [0, 0.05) is 6.04 Å². The van der Waals surface area contributed by atoms with E-state index in [1.165, 1.54) is 64.5 Å². The summed E-state index contributed by atoms with van der Waals surface area (Å²) in [6, 6.07) is 0.968. The Labute approximate surface area is 88.9 Å². The molecule has 0 bridgehead atoms. The number of unbranched alkanes of at least 4 members (excludes halogenated alkanes) is 1. The third-order valence-corrected chi connectivity index (χ3v) is 3.88. The molecule has 1 heterocycles. The molecule has 0 aromatic heterocycles. The van der Waals surface area contributed by atoms with Gasteiger partial charge in [0.2, 0.25) is 0 Å². The van der Waals surface area contributed by atoms with Crippen molar-refractivity contribution >= 4 is 0 Å². The summed E-state index contributed by atoms with van der Waals surface area (Å²) in [6.45, 7) is 5.11. The summed E-state index contributed by atoms with van der Waals surface area (Å²) < 4.78 is 0. The van der Waals surface area contributed by atoms with E-state index in [-0.39, 0.29) is 0 Å². The molecule has 2 fully saturated rings. The Kier molecular flexibility index (Phi) is 3.86. The zero-order valence-corrected chi connectivity index (χ0v) is 9.67. The van der Waals surface area contributed by atoms with Crippen LogP contribution in [0.3, 0.4) is 0 Å². The highest BCUT2D eigenvalue weighted by molar-refractivity contribution is 4.89. The van der Waals surface area contributed by atoms with Crippen molar-refractivity contribution in [1.29, 1.82) is 0 Å². The van der Waals surface area contributed by atoms with Gasteiger partial charge >= 0.3 is 0 Å². The van der Waals surface area contributed by atoms with Crippen molar-refractivity contribution in [3.8, 4) is 0 Å². The highest BCUT2D eigenvalue weighted by Gasteiger charge is 2.34. The molecule has 1 saturated heterocycles. The molecule has 14 heavy (non-hydrogen) atoms. The number of likely N-dealkylation sites (tertiary alicyclic amines) is 1. The molecule has 0 aromatic rings. The predicted molar refractivity (Wildman–Crippen MR) is 61.5 cm³/mol. The summed E-state index contributed by atoms with van der Waals surface area (Å²) >= 11 is 0. The fraction of sp³-hybridized carbons (Fsp3) is 1.00. The average Bonchev–Trinajstić information content (AvgIpc) is 3.04. The van der Waals surface area contributed by atoms with Crippen LogP contribution >= 0.6 is 0 Å². The molecule has 1 aliphatic heterocycles. The second-order valence-corrected chi connectivity index (χ2v) is 5.14. The minimum atomic E-state index is 0.968. The maximum atomic E-state index is 2.80. The molecule has 0 amide bonds. The predicted octanol–water partition coefficient (Wildman–Crippen LogP) is 3.44. The first-order valence-electron chi connectivity index (χ1n) is 6.66. The van der Waals surface area contributed by atoms with E-state index in [0.29, 0.717) is 0 Å². The van der Waals surface area contributed by atoms with Gasteiger partial charge in [-0.2, -0.15) is 0 Å². The van der Waals surface area contributed by atoms with Crippen LogP contribution < -0.4 is 0 Å². The van der Waals surface area contributed by atoms with E-state index in [0.717, 1.165) is 12.0 Å². The van der Waals surface area contributed by atoms with Crippen LogP contribution in [0.25, 0.3) is 0 Å². The zero-order valence-electron chi connectivity index (χ0n) is 9.67. The van der Waals surface area contributed by atoms with E-state index in [9.17, 15) is 0 Å². The number of piperidine rings is 1. The van der Waals surface area contributed by atoms with Crippen molar-refractivity contribution in [2.45, 2.75) is 64.3 Å². The lowest BCUT2D eigenvalue weighted by Crippen LogP contribution is -2.40. The summed E-state index contributed by atoms with van der Waals surface area (Å²) in [5, 5.41) is 0. The van der Waals surface area contributed by atoms with Crippen LogP contribution in [-0.4, -0.2) is 24.0 Å². The molecule has 1 unspecified atom stereocenters. The Hall–Kier alpha value is -0.0400. The fourth-order valence-corrected chi connectivity index (χ4v) is 2.86. The molecule has 0 radical (unpaired) electrons. The summed E-state index contributed by atoms with van der Waals surface area (Å²) in [5.41, 5.74) is 0. The highest BCUT2D eigenvalue weighted by atomic mass is 15.2. The molecule has 1 nitrogen and oxygen atoms in total. The van der Waals surface area contributed by atoms with E-state index >= 15 is 0 Å². The van der Waals surface area contributed by atoms with Crippen LogP contribution in [0.4, 0.5) is 0 Å². The SMILES string of the molecule is CCCCC(C1CC1)N1CCCCC1. The molecule has 2 aliphatic rings. The van der Waals surface area contributed by atoms with Gasteiger partial charge in [-0.1, -0.05) is 26.2 Å².